The van der Waals surface area contributed by atoms with Gasteiger partial charge in [-0.3, -0.25) is 4.79 Å². The number of nitrogens with one attached hydrogen (secondary N) is 3. The molecule has 3 aromatic heterocycles. The number of fused-ring (bicyclic) bond motifs is 3. The number of imidazole rings is 1. The molecule has 3 heterocycles. The van der Waals surface area contributed by atoms with E-state index in [1.54, 1.807) is 12.5 Å². The van der Waals surface area contributed by atoms with Gasteiger partial charge in [0.15, 0.2) is 5.65 Å². The molecule has 34 heavy (non-hydrogen) atoms. The second-order valence-corrected chi connectivity index (χ2v) is 10.2. The molecule has 182 valence electrons. The van der Waals surface area contributed by atoms with Gasteiger partial charge in [0.25, 0.3) is 0 Å². The second-order valence-electron chi connectivity index (χ2n) is 10.2. The molecule has 2 bridgehead atoms. The Morgan fingerprint density at radius 1 is 1.35 bits per heavy atom. The lowest BCUT2D eigenvalue weighted by molar-refractivity contribution is -0.0677. The van der Waals surface area contributed by atoms with E-state index in [4.69, 9.17) is 4.52 Å². The number of carbonyl (C=O) groups is 1. The number of likely N-dealkylation sites (N-methyl/N-ethyl adjacent to an activating group) is 1. The van der Waals surface area contributed by atoms with E-state index in [-0.39, 0.29) is 17.8 Å². The minimum Gasteiger partial charge on any atom is -0.390 e. The highest BCUT2D eigenvalue weighted by molar-refractivity contribution is 5.95. The van der Waals surface area contributed by atoms with Gasteiger partial charge < -0.3 is 30.1 Å². The smallest absolute Gasteiger partial charge is 0.316 e. The van der Waals surface area contributed by atoms with Gasteiger partial charge in [-0.05, 0) is 58.0 Å². The summed E-state index contributed by atoms with van der Waals surface area (Å²) in [5, 5.41) is 21.5. The molecule has 3 aromatic rings. The number of aromatic amines is 1. The molecule has 4 atom stereocenters. The minimum atomic E-state index is -0.548. The van der Waals surface area contributed by atoms with Crippen molar-refractivity contribution in [1.82, 2.24) is 35.3 Å². The molecule has 0 saturated heterocycles. The van der Waals surface area contributed by atoms with Crippen LogP contribution < -0.4 is 10.6 Å². The van der Waals surface area contributed by atoms with Crippen molar-refractivity contribution in [3.63, 3.8) is 0 Å². The molecule has 11 heteroatoms. The zero-order valence-corrected chi connectivity index (χ0v) is 19.8. The van der Waals surface area contributed by atoms with Crippen LogP contribution in [0.25, 0.3) is 22.6 Å². The Morgan fingerprint density at radius 2 is 2.21 bits per heavy atom. The SMILES string of the molecule is CC1C[C@H]2C[C@](O)(CC[C@@H]2Nc2c(-c3noc(C(=O)NCCN(C)C)n3)cnc3nc[nH]c23)C1. The van der Waals surface area contributed by atoms with E-state index in [1.807, 2.05) is 19.0 Å². The summed E-state index contributed by atoms with van der Waals surface area (Å²) in [6.45, 7) is 3.40. The number of aliphatic hydroxyl groups is 1. The van der Waals surface area contributed by atoms with E-state index in [1.165, 1.54) is 0 Å². The van der Waals surface area contributed by atoms with Crippen molar-refractivity contribution in [3.05, 3.63) is 18.4 Å². The summed E-state index contributed by atoms with van der Waals surface area (Å²) < 4.78 is 5.27. The molecule has 2 aliphatic rings. The second kappa shape index (κ2) is 8.95. The number of anilines is 1. The van der Waals surface area contributed by atoms with Crippen LogP contribution >= 0.6 is 0 Å². The predicted molar refractivity (Wildman–Crippen MR) is 126 cm³/mol. The summed E-state index contributed by atoms with van der Waals surface area (Å²) in [5.74, 6) is 0.642. The van der Waals surface area contributed by atoms with E-state index in [9.17, 15) is 9.90 Å². The summed E-state index contributed by atoms with van der Waals surface area (Å²) in [6.07, 6.45) is 7.67. The third-order valence-corrected chi connectivity index (χ3v) is 7.06. The third-order valence-electron chi connectivity index (χ3n) is 7.06. The predicted octanol–water partition coefficient (Wildman–Crippen LogP) is 2.04. The van der Waals surface area contributed by atoms with Crippen molar-refractivity contribution in [3.8, 4) is 11.4 Å². The number of hydrogen-bond acceptors (Lipinski definition) is 9. The molecular formula is C23H32N8O3. The van der Waals surface area contributed by atoms with Crippen molar-refractivity contribution in [2.45, 2.75) is 50.7 Å². The number of aromatic nitrogens is 5. The van der Waals surface area contributed by atoms with Crippen LogP contribution in [-0.4, -0.2) is 79.8 Å². The Balaban J connectivity index is 1.42. The molecule has 11 nitrogen and oxygen atoms in total. The van der Waals surface area contributed by atoms with Crippen molar-refractivity contribution in [2.24, 2.45) is 11.8 Å². The molecule has 0 radical (unpaired) electrons. The number of nitrogens with zero attached hydrogens (tertiary/aromatic N) is 5. The molecule has 1 unspecified atom stereocenters. The van der Waals surface area contributed by atoms with Gasteiger partial charge in [0.05, 0.1) is 23.2 Å². The molecule has 0 aromatic carbocycles. The summed E-state index contributed by atoms with van der Waals surface area (Å²) in [7, 11) is 3.87. The highest BCUT2D eigenvalue weighted by Crippen LogP contribution is 2.46. The monoisotopic (exact) mass is 468 g/mol. The number of carbonyl (C=O) groups excluding carboxylic acids is 1. The minimum absolute atomic E-state index is 0.0896. The van der Waals surface area contributed by atoms with E-state index < -0.39 is 11.5 Å². The fraction of sp³-hybridized carbons (Fsp3) is 0.609. The van der Waals surface area contributed by atoms with Gasteiger partial charge in [-0.2, -0.15) is 4.98 Å². The fourth-order valence-corrected chi connectivity index (χ4v) is 5.56. The topological polar surface area (TPSA) is 145 Å². The average Bonchev–Trinajstić information content (AvgIpc) is 3.45. The molecular weight excluding hydrogens is 436 g/mol. The van der Waals surface area contributed by atoms with Crippen LogP contribution in [0.3, 0.4) is 0 Å². The van der Waals surface area contributed by atoms with Gasteiger partial charge in [-0.15, -0.1) is 0 Å². The molecule has 1 amide bonds. The lowest BCUT2D eigenvalue weighted by Crippen LogP contribution is -2.49. The lowest BCUT2D eigenvalue weighted by atomic mass is 9.64. The number of pyridine rings is 1. The first kappa shape index (κ1) is 22.7. The van der Waals surface area contributed by atoms with E-state index in [2.05, 4.69) is 42.6 Å². The van der Waals surface area contributed by atoms with Crippen LogP contribution in [0.5, 0.6) is 0 Å². The molecule has 2 fully saturated rings. The highest BCUT2D eigenvalue weighted by atomic mass is 16.5. The van der Waals surface area contributed by atoms with Crippen molar-refractivity contribution < 1.29 is 14.4 Å². The zero-order valence-electron chi connectivity index (χ0n) is 19.8. The number of amides is 1. The Labute approximate surface area is 197 Å². The van der Waals surface area contributed by atoms with Crippen LogP contribution in [0.15, 0.2) is 17.0 Å². The molecule has 4 N–H and O–H groups in total. The molecule has 2 aliphatic carbocycles. The summed E-state index contributed by atoms with van der Waals surface area (Å²) in [6, 6.07) is 0.191. The maximum absolute atomic E-state index is 12.4. The van der Waals surface area contributed by atoms with Gasteiger partial charge >= 0.3 is 11.8 Å². The van der Waals surface area contributed by atoms with Crippen LogP contribution in [0, 0.1) is 11.8 Å². The van der Waals surface area contributed by atoms with Gasteiger partial charge in [0, 0.05) is 25.3 Å². The Kier molecular flexibility index (Phi) is 5.98. The van der Waals surface area contributed by atoms with Crippen LogP contribution in [0.1, 0.15) is 49.7 Å². The van der Waals surface area contributed by atoms with Gasteiger partial charge in [-0.25, -0.2) is 9.97 Å². The summed E-state index contributed by atoms with van der Waals surface area (Å²) >= 11 is 0. The van der Waals surface area contributed by atoms with Crippen molar-refractivity contribution >= 4 is 22.8 Å². The first-order chi connectivity index (χ1) is 16.3. The molecule has 0 spiro atoms. The van der Waals surface area contributed by atoms with E-state index in [0.29, 0.717) is 36.1 Å². The maximum atomic E-state index is 12.4. The van der Waals surface area contributed by atoms with Gasteiger partial charge in [0.2, 0.25) is 5.82 Å². The summed E-state index contributed by atoms with van der Waals surface area (Å²) in [4.78, 5) is 30.6. The normalized spacial score (nSPS) is 26.7. The van der Waals surface area contributed by atoms with Gasteiger partial charge in [0.1, 0.15) is 5.52 Å². The van der Waals surface area contributed by atoms with Crippen LogP contribution in [0.2, 0.25) is 0 Å². The average molecular weight is 469 g/mol. The molecule has 0 aliphatic heterocycles. The first-order valence-electron chi connectivity index (χ1n) is 11.9. The molecule has 2 saturated carbocycles. The van der Waals surface area contributed by atoms with Crippen LogP contribution in [0.4, 0.5) is 5.69 Å². The third kappa shape index (κ3) is 4.49. The Morgan fingerprint density at radius 3 is 3.03 bits per heavy atom. The van der Waals surface area contributed by atoms with E-state index in [0.717, 1.165) is 43.3 Å². The first-order valence-corrected chi connectivity index (χ1v) is 11.9. The van der Waals surface area contributed by atoms with E-state index >= 15 is 0 Å². The molecule has 5 rings (SSSR count). The maximum Gasteiger partial charge on any atom is 0.316 e. The number of H-pyrrole nitrogens is 1. The fourth-order valence-electron chi connectivity index (χ4n) is 5.56. The summed E-state index contributed by atoms with van der Waals surface area (Å²) in [5.41, 5.74) is 2.21. The largest absolute Gasteiger partial charge is 0.390 e. The van der Waals surface area contributed by atoms with Crippen molar-refractivity contribution in [1.29, 1.82) is 0 Å². The highest BCUT2D eigenvalue weighted by Gasteiger charge is 2.44. The standard InChI is InChI=1S/C23H32N8O3/c1-13-8-14-10-23(33,9-13)5-4-16(14)28-17-15(11-25-20-18(17)26-12-27-20)19-29-22(34-30-19)21(32)24-6-7-31(2)3/h11-14,16,33H,4-10H2,1-3H3,(H,24,32)(H2,25,26,27,28)/t13?,14-,16-,23-/m0/s1. The van der Waals surface area contributed by atoms with Gasteiger partial charge in [-0.1, -0.05) is 12.1 Å². The number of hydrogen-bond donors (Lipinski definition) is 4. The van der Waals surface area contributed by atoms with Crippen molar-refractivity contribution in [2.75, 3.05) is 32.5 Å². The lowest BCUT2D eigenvalue weighted by Gasteiger charge is -2.48. The zero-order chi connectivity index (χ0) is 23.9. The van der Waals surface area contributed by atoms with Crippen LogP contribution in [-0.2, 0) is 0 Å². The quantitative estimate of drug-likeness (QED) is 0.409. The Hall–Kier alpha value is -3.05. The number of rotatable bonds is 7. The Bertz CT molecular complexity index is 1170.